The summed E-state index contributed by atoms with van der Waals surface area (Å²) in [5.74, 6) is 0.149. The van der Waals surface area contributed by atoms with E-state index in [1.165, 1.54) is 0 Å². The third-order valence-electron chi connectivity index (χ3n) is 3.92. The molecule has 4 nitrogen and oxygen atoms in total. The van der Waals surface area contributed by atoms with Crippen molar-refractivity contribution in [3.63, 3.8) is 0 Å². The van der Waals surface area contributed by atoms with Gasteiger partial charge in [0.05, 0.1) is 0 Å². The first kappa shape index (κ1) is 12.2. The van der Waals surface area contributed by atoms with Crippen LogP contribution >= 0.6 is 0 Å². The van der Waals surface area contributed by atoms with Crippen molar-refractivity contribution < 1.29 is 4.79 Å². The van der Waals surface area contributed by atoms with E-state index in [1.54, 1.807) is 0 Å². The van der Waals surface area contributed by atoms with Crippen LogP contribution < -0.4 is 5.32 Å². The second-order valence-corrected chi connectivity index (χ2v) is 5.11. The quantitative estimate of drug-likeness (QED) is 0.837. The number of aryl methyl sites for hydroxylation is 1. The fourth-order valence-electron chi connectivity index (χ4n) is 2.30. The number of hydrogen-bond donors (Lipinski definition) is 1. The van der Waals surface area contributed by atoms with Crippen LogP contribution in [0.25, 0.3) is 0 Å². The van der Waals surface area contributed by atoms with Crippen molar-refractivity contribution in [2.45, 2.75) is 25.3 Å². The molecule has 1 aliphatic heterocycles. The lowest BCUT2D eigenvalue weighted by molar-refractivity contribution is 0.0652. The number of nitrogens with one attached hydrogen (secondary N) is 1. The van der Waals surface area contributed by atoms with Gasteiger partial charge in [-0.2, -0.15) is 0 Å². The predicted octanol–water partition coefficient (Wildman–Crippen LogP) is 1.24. The minimum absolute atomic E-state index is 0.149. The zero-order valence-electron chi connectivity index (χ0n) is 10.9. The van der Waals surface area contributed by atoms with Crippen molar-refractivity contribution in [2.24, 2.45) is 7.05 Å². The summed E-state index contributed by atoms with van der Waals surface area (Å²) in [6.07, 6.45) is 3.94. The maximum absolute atomic E-state index is 12.3. The number of carbonyl (C=O) groups excluding carboxylic acids is 1. The van der Waals surface area contributed by atoms with Crippen LogP contribution in [0.4, 0.5) is 0 Å². The highest BCUT2D eigenvalue weighted by molar-refractivity contribution is 5.92. The molecule has 94 valence electrons. The molecule has 1 N–H and O–H groups in total. The minimum Gasteiger partial charge on any atom is -0.347 e. The van der Waals surface area contributed by atoms with E-state index >= 15 is 0 Å². The highest BCUT2D eigenvalue weighted by atomic mass is 16.2. The molecule has 0 bridgehead atoms. The predicted molar refractivity (Wildman–Crippen MR) is 68.0 cm³/mol. The highest BCUT2D eigenvalue weighted by Crippen LogP contribution is 2.22. The molecule has 0 radical (unpaired) electrons. The van der Waals surface area contributed by atoms with Crippen LogP contribution in [-0.2, 0) is 7.05 Å². The van der Waals surface area contributed by atoms with Crippen molar-refractivity contribution in [3.8, 4) is 0 Å². The van der Waals surface area contributed by atoms with Crippen LogP contribution in [0.15, 0.2) is 18.3 Å². The molecule has 0 spiro atoms. The number of amides is 1. The van der Waals surface area contributed by atoms with Crippen LogP contribution in [0.3, 0.4) is 0 Å². The standard InChI is InChI=1S/C13H21N3O/c1-13(14-2)6-9-16(10-7-13)12(17)11-5-4-8-15(11)3/h4-5,8,14H,6-7,9-10H2,1-3H3. The molecule has 1 aromatic heterocycles. The molecule has 4 heteroatoms. The van der Waals surface area contributed by atoms with Gasteiger partial charge >= 0.3 is 0 Å². The molecular formula is C13H21N3O. The minimum atomic E-state index is 0.149. The van der Waals surface area contributed by atoms with Crippen LogP contribution in [-0.4, -0.2) is 41.1 Å². The van der Waals surface area contributed by atoms with Crippen molar-refractivity contribution in [2.75, 3.05) is 20.1 Å². The van der Waals surface area contributed by atoms with E-state index in [1.807, 2.05) is 41.9 Å². The number of likely N-dealkylation sites (tertiary alicyclic amines) is 1. The SMILES string of the molecule is CNC1(C)CCN(C(=O)c2cccn2C)CC1. The molecule has 2 heterocycles. The number of carbonyl (C=O) groups is 1. The Morgan fingerprint density at radius 1 is 1.41 bits per heavy atom. The molecule has 17 heavy (non-hydrogen) atoms. The number of piperidine rings is 1. The summed E-state index contributed by atoms with van der Waals surface area (Å²) < 4.78 is 1.88. The maximum atomic E-state index is 12.3. The van der Waals surface area contributed by atoms with Gasteiger partial charge in [0.25, 0.3) is 5.91 Å². The lowest BCUT2D eigenvalue weighted by atomic mass is 9.90. The number of rotatable bonds is 2. The van der Waals surface area contributed by atoms with Crippen molar-refractivity contribution >= 4 is 5.91 Å². The monoisotopic (exact) mass is 235 g/mol. The van der Waals surface area contributed by atoms with Gasteiger partial charge in [-0.1, -0.05) is 0 Å². The van der Waals surface area contributed by atoms with Crippen molar-refractivity contribution in [3.05, 3.63) is 24.0 Å². The summed E-state index contributed by atoms with van der Waals surface area (Å²) >= 11 is 0. The van der Waals surface area contributed by atoms with Crippen LogP contribution in [0, 0.1) is 0 Å². The first-order chi connectivity index (χ1) is 8.06. The van der Waals surface area contributed by atoms with Gasteiger partial charge in [0, 0.05) is 31.9 Å². The molecule has 1 fully saturated rings. The third kappa shape index (κ3) is 2.36. The maximum Gasteiger partial charge on any atom is 0.270 e. The summed E-state index contributed by atoms with van der Waals surface area (Å²) in [4.78, 5) is 14.2. The average molecular weight is 235 g/mol. The lowest BCUT2D eigenvalue weighted by Crippen LogP contribution is -2.51. The van der Waals surface area contributed by atoms with Gasteiger partial charge in [-0.25, -0.2) is 0 Å². The Hall–Kier alpha value is -1.29. The fraction of sp³-hybridized carbons (Fsp3) is 0.615. The van der Waals surface area contributed by atoms with Gasteiger partial charge in [0.1, 0.15) is 5.69 Å². The van der Waals surface area contributed by atoms with E-state index in [-0.39, 0.29) is 11.4 Å². The lowest BCUT2D eigenvalue weighted by Gasteiger charge is -2.39. The molecule has 1 saturated heterocycles. The Morgan fingerprint density at radius 3 is 2.53 bits per heavy atom. The van der Waals surface area contributed by atoms with Gasteiger partial charge in [-0.3, -0.25) is 4.79 Å². The average Bonchev–Trinajstić information content (AvgIpc) is 2.76. The van der Waals surface area contributed by atoms with Gasteiger partial charge in [0.15, 0.2) is 0 Å². The van der Waals surface area contributed by atoms with E-state index < -0.39 is 0 Å². The zero-order valence-corrected chi connectivity index (χ0v) is 10.9. The third-order valence-corrected chi connectivity index (χ3v) is 3.92. The van der Waals surface area contributed by atoms with Gasteiger partial charge < -0.3 is 14.8 Å². The number of aromatic nitrogens is 1. The Morgan fingerprint density at radius 2 is 2.06 bits per heavy atom. The van der Waals surface area contributed by atoms with E-state index in [4.69, 9.17) is 0 Å². The van der Waals surface area contributed by atoms with E-state index in [9.17, 15) is 4.79 Å². The Bertz CT molecular complexity index is 403. The highest BCUT2D eigenvalue weighted by Gasteiger charge is 2.31. The molecule has 2 rings (SSSR count). The van der Waals surface area contributed by atoms with Gasteiger partial charge in [0.2, 0.25) is 0 Å². The Balaban J connectivity index is 2.02. The van der Waals surface area contributed by atoms with Crippen molar-refractivity contribution in [1.29, 1.82) is 0 Å². The largest absolute Gasteiger partial charge is 0.347 e. The molecule has 1 amide bonds. The van der Waals surface area contributed by atoms with Crippen LogP contribution in [0.1, 0.15) is 30.3 Å². The van der Waals surface area contributed by atoms with E-state index in [2.05, 4.69) is 12.2 Å². The first-order valence-electron chi connectivity index (χ1n) is 6.15. The Labute approximate surface area is 103 Å². The molecule has 0 aromatic carbocycles. The first-order valence-corrected chi connectivity index (χ1v) is 6.15. The molecular weight excluding hydrogens is 214 g/mol. The summed E-state index contributed by atoms with van der Waals surface area (Å²) in [5, 5.41) is 3.34. The number of hydrogen-bond acceptors (Lipinski definition) is 2. The van der Waals surface area contributed by atoms with E-state index in [0.29, 0.717) is 0 Å². The zero-order chi connectivity index (χ0) is 12.5. The molecule has 0 unspecified atom stereocenters. The van der Waals surface area contributed by atoms with Crippen molar-refractivity contribution in [1.82, 2.24) is 14.8 Å². The van der Waals surface area contributed by atoms with Crippen LogP contribution in [0.2, 0.25) is 0 Å². The smallest absolute Gasteiger partial charge is 0.270 e. The fourth-order valence-corrected chi connectivity index (χ4v) is 2.30. The molecule has 1 aromatic rings. The topological polar surface area (TPSA) is 37.3 Å². The normalized spacial score (nSPS) is 19.4. The molecule has 0 aliphatic carbocycles. The summed E-state index contributed by atoms with van der Waals surface area (Å²) in [5.41, 5.74) is 0.961. The van der Waals surface area contributed by atoms with E-state index in [0.717, 1.165) is 31.6 Å². The molecule has 0 atom stereocenters. The molecule has 1 aliphatic rings. The van der Waals surface area contributed by atoms with Gasteiger partial charge in [-0.05, 0) is 38.9 Å². The second-order valence-electron chi connectivity index (χ2n) is 5.11. The summed E-state index contributed by atoms with van der Waals surface area (Å²) in [7, 11) is 3.91. The van der Waals surface area contributed by atoms with Crippen LogP contribution in [0.5, 0.6) is 0 Å². The number of nitrogens with zero attached hydrogens (tertiary/aromatic N) is 2. The van der Waals surface area contributed by atoms with Gasteiger partial charge in [-0.15, -0.1) is 0 Å². The molecule has 0 saturated carbocycles. The Kier molecular flexibility index (Phi) is 3.24. The summed E-state index contributed by atoms with van der Waals surface area (Å²) in [6, 6.07) is 3.79. The summed E-state index contributed by atoms with van der Waals surface area (Å²) in [6.45, 7) is 3.89. The second kappa shape index (κ2) is 4.53.